The average molecular weight is 364 g/mol. The normalized spacial score (nSPS) is 12.1. The smallest absolute Gasteiger partial charge is 0.340 e. The molecule has 1 aromatic heterocycles. The molecular formula is C22H24N2O3. The van der Waals surface area contributed by atoms with Crippen molar-refractivity contribution in [2.45, 2.75) is 26.3 Å². The van der Waals surface area contributed by atoms with Gasteiger partial charge in [0.05, 0.1) is 11.6 Å². The third-order valence-electron chi connectivity index (χ3n) is 4.39. The number of aromatic nitrogens is 1. The summed E-state index contributed by atoms with van der Waals surface area (Å²) in [7, 11) is 0. The van der Waals surface area contributed by atoms with E-state index in [1.165, 1.54) is 0 Å². The van der Waals surface area contributed by atoms with Crippen molar-refractivity contribution in [2.75, 3.05) is 6.61 Å². The van der Waals surface area contributed by atoms with Crippen molar-refractivity contribution in [3.8, 4) is 0 Å². The minimum Gasteiger partial charge on any atom is -0.452 e. The van der Waals surface area contributed by atoms with Gasteiger partial charge in [0, 0.05) is 17.1 Å². The molecule has 140 valence electrons. The van der Waals surface area contributed by atoms with E-state index in [4.69, 9.17) is 4.74 Å². The first kappa shape index (κ1) is 18.7. The zero-order valence-corrected chi connectivity index (χ0v) is 15.6. The largest absolute Gasteiger partial charge is 0.452 e. The maximum absolute atomic E-state index is 12.3. The number of ether oxygens (including phenoxy) is 1. The summed E-state index contributed by atoms with van der Waals surface area (Å²) in [4.78, 5) is 27.7. The van der Waals surface area contributed by atoms with Crippen molar-refractivity contribution in [1.29, 1.82) is 0 Å². The van der Waals surface area contributed by atoms with Crippen molar-refractivity contribution in [3.63, 3.8) is 0 Å². The number of fused-ring (bicyclic) bond motifs is 1. The Hall–Kier alpha value is -3.08. The molecule has 0 aliphatic heterocycles. The summed E-state index contributed by atoms with van der Waals surface area (Å²) in [5, 5.41) is 3.76. The molecular weight excluding hydrogens is 340 g/mol. The molecule has 2 N–H and O–H groups in total. The number of rotatable bonds is 7. The van der Waals surface area contributed by atoms with Gasteiger partial charge in [0.2, 0.25) is 0 Å². The first-order chi connectivity index (χ1) is 13.0. The highest BCUT2D eigenvalue weighted by atomic mass is 16.5. The fraction of sp³-hybridized carbons (Fsp3) is 0.273. The minimum atomic E-state index is -0.511. The Labute approximate surface area is 158 Å². The molecule has 1 heterocycles. The highest BCUT2D eigenvalue weighted by Crippen LogP contribution is 2.21. The van der Waals surface area contributed by atoms with E-state index in [1.807, 2.05) is 54.6 Å². The number of aromatic amines is 1. The maximum atomic E-state index is 12.3. The second-order valence-electron chi connectivity index (χ2n) is 6.98. The van der Waals surface area contributed by atoms with E-state index < -0.39 is 5.97 Å². The highest BCUT2D eigenvalue weighted by Gasteiger charge is 2.18. The summed E-state index contributed by atoms with van der Waals surface area (Å²) in [6.45, 7) is 3.91. The van der Waals surface area contributed by atoms with E-state index in [2.05, 4.69) is 24.1 Å². The van der Waals surface area contributed by atoms with Crippen LogP contribution in [0.5, 0.6) is 0 Å². The molecule has 0 bridgehead atoms. The Kier molecular flexibility index (Phi) is 5.91. The van der Waals surface area contributed by atoms with Gasteiger partial charge in [0.1, 0.15) is 0 Å². The number of para-hydroxylation sites is 1. The first-order valence-electron chi connectivity index (χ1n) is 9.12. The van der Waals surface area contributed by atoms with Crippen LogP contribution in [-0.2, 0) is 9.53 Å². The fourth-order valence-corrected chi connectivity index (χ4v) is 3.12. The SMILES string of the molecule is CC(C)C[C@H](NC(=O)COC(=O)c1c[nH]c2ccccc12)c1ccccc1. The van der Waals surface area contributed by atoms with Crippen LogP contribution >= 0.6 is 0 Å². The summed E-state index contributed by atoms with van der Waals surface area (Å²) in [6.07, 6.45) is 2.42. The molecule has 1 amide bonds. The second-order valence-corrected chi connectivity index (χ2v) is 6.98. The van der Waals surface area contributed by atoms with Crippen LogP contribution in [0.1, 0.15) is 42.2 Å². The number of benzene rings is 2. The summed E-state index contributed by atoms with van der Waals surface area (Å²) in [5.41, 5.74) is 2.33. The van der Waals surface area contributed by atoms with Crippen LogP contribution in [0.2, 0.25) is 0 Å². The number of esters is 1. The van der Waals surface area contributed by atoms with Gasteiger partial charge in [0.25, 0.3) is 5.91 Å². The van der Waals surface area contributed by atoms with Crippen LogP contribution in [0.3, 0.4) is 0 Å². The number of hydrogen-bond donors (Lipinski definition) is 2. The number of nitrogens with one attached hydrogen (secondary N) is 2. The molecule has 5 nitrogen and oxygen atoms in total. The van der Waals surface area contributed by atoms with Crippen LogP contribution in [0.15, 0.2) is 60.8 Å². The number of H-pyrrole nitrogens is 1. The molecule has 27 heavy (non-hydrogen) atoms. The molecule has 0 aliphatic rings. The summed E-state index contributed by atoms with van der Waals surface area (Å²) >= 11 is 0. The van der Waals surface area contributed by atoms with Crippen molar-refractivity contribution in [1.82, 2.24) is 10.3 Å². The third kappa shape index (κ3) is 4.76. The quantitative estimate of drug-likeness (QED) is 0.616. The summed E-state index contributed by atoms with van der Waals surface area (Å²) < 4.78 is 5.23. The van der Waals surface area contributed by atoms with E-state index in [-0.39, 0.29) is 18.6 Å². The van der Waals surface area contributed by atoms with Crippen molar-refractivity contribution in [3.05, 3.63) is 71.9 Å². The number of hydrogen-bond acceptors (Lipinski definition) is 3. The molecule has 3 rings (SSSR count). The molecule has 1 atom stereocenters. The summed E-state index contributed by atoms with van der Waals surface area (Å²) in [6, 6.07) is 17.2. The zero-order chi connectivity index (χ0) is 19.2. The predicted octanol–water partition coefficient (Wildman–Crippen LogP) is 4.23. The van der Waals surface area contributed by atoms with Gasteiger partial charge in [-0.1, -0.05) is 62.4 Å². The molecule has 5 heteroatoms. The Bertz CT molecular complexity index is 915. The van der Waals surface area contributed by atoms with E-state index in [9.17, 15) is 9.59 Å². The van der Waals surface area contributed by atoms with Gasteiger partial charge in [-0.15, -0.1) is 0 Å². The molecule has 0 aliphatic carbocycles. The van der Waals surface area contributed by atoms with Gasteiger partial charge in [0.15, 0.2) is 6.61 Å². The highest BCUT2D eigenvalue weighted by molar-refractivity contribution is 6.04. The lowest BCUT2D eigenvalue weighted by molar-refractivity contribution is -0.125. The standard InChI is InChI=1S/C22H24N2O3/c1-15(2)12-20(16-8-4-3-5-9-16)24-21(25)14-27-22(26)18-13-23-19-11-7-6-10-17(18)19/h3-11,13,15,20,23H,12,14H2,1-2H3,(H,24,25)/t20-/m0/s1. The minimum absolute atomic E-state index is 0.106. The van der Waals surface area contributed by atoms with Gasteiger partial charge in [-0.3, -0.25) is 4.79 Å². The Balaban J connectivity index is 1.61. The van der Waals surface area contributed by atoms with E-state index in [1.54, 1.807) is 6.20 Å². The van der Waals surface area contributed by atoms with Crippen LogP contribution < -0.4 is 5.32 Å². The number of amides is 1. The molecule has 3 aromatic rings. The van der Waals surface area contributed by atoms with Crippen molar-refractivity contribution < 1.29 is 14.3 Å². The third-order valence-corrected chi connectivity index (χ3v) is 4.39. The topological polar surface area (TPSA) is 71.2 Å². The molecule has 0 fully saturated rings. The van der Waals surface area contributed by atoms with E-state index in [0.29, 0.717) is 11.5 Å². The lowest BCUT2D eigenvalue weighted by atomic mass is 9.97. The first-order valence-corrected chi connectivity index (χ1v) is 9.12. The van der Waals surface area contributed by atoms with E-state index in [0.717, 1.165) is 22.9 Å². The molecule has 0 saturated carbocycles. The van der Waals surface area contributed by atoms with Crippen LogP contribution in [-0.4, -0.2) is 23.5 Å². The lowest BCUT2D eigenvalue weighted by Crippen LogP contribution is -2.33. The molecule has 0 saturated heterocycles. The second kappa shape index (κ2) is 8.54. The Morgan fingerprint density at radius 1 is 1.04 bits per heavy atom. The van der Waals surface area contributed by atoms with Crippen LogP contribution in [0.25, 0.3) is 10.9 Å². The predicted molar refractivity (Wildman–Crippen MR) is 105 cm³/mol. The van der Waals surface area contributed by atoms with Gasteiger partial charge < -0.3 is 15.0 Å². The Morgan fingerprint density at radius 2 is 1.74 bits per heavy atom. The zero-order valence-electron chi connectivity index (χ0n) is 15.6. The Morgan fingerprint density at radius 3 is 2.48 bits per heavy atom. The van der Waals surface area contributed by atoms with Crippen LogP contribution in [0.4, 0.5) is 0 Å². The fourth-order valence-electron chi connectivity index (χ4n) is 3.12. The lowest BCUT2D eigenvalue weighted by Gasteiger charge is -2.21. The van der Waals surface area contributed by atoms with Gasteiger partial charge in [-0.05, 0) is 24.0 Å². The molecule has 0 spiro atoms. The van der Waals surface area contributed by atoms with Crippen molar-refractivity contribution in [2.24, 2.45) is 5.92 Å². The summed E-state index contributed by atoms with van der Waals surface area (Å²) in [5.74, 6) is -0.398. The van der Waals surface area contributed by atoms with Crippen LogP contribution in [0, 0.1) is 5.92 Å². The maximum Gasteiger partial charge on any atom is 0.340 e. The average Bonchev–Trinajstić information content (AvgIpc) is 3.10. The molecule has 2 aromatic carbocycles. The van der Waals surface area contributed by atoms with Gasteiger partial charge >= 0.3 is 5.97 Å². The van der Waals surface area contributed by atoms with Crippen molar-refractivity contribution >= 4 is 22.8 Å². The van der Waals surface area contributed by atoms with E-state index >= 15 is 0 Å². The van der Waals surface area contributed by atoms with Gasteiger partial charge in [-0.25, -0.2) is 4.79 Å². The number of carbonyl (C=O) groups is 2. The molecule has 0 unspecified atom stereocenters. The molecule has 0 radical (unpaired) electrons. The monoisotopic (exact) mass is 364 g/mol. The number of carbonyl (C=O) groups excluding carboxylic acids is 2. The van der Waals surface area contributed by atoms with Gasteiger partial charge in [-0.2, -0.15) is 0 Å².